The molecule has 0 aliphatic carbocycles. The minimum atomic E-state index is 0.653. The highest BCUT2D eigenvalue weighted by molar-refractivity contribution is 5.72. The molecule has 0 aliphatic heterocycles. The van der Waals surface area contributed by atoms with Crippen molar-refractivity contribution in [3.63, 3.8) is 0 Å². The Balaban J connectivity index is 1.75. The van der Waals surface area contributed by atoms with Crippen molar-refractivity contribution in [3.05, 3.63) is 54.4 Å². The molecule has 1 heterocycles. The van der Waals surface area contributed by atoms with Crippen LogP contribution in [0.2, 0.25) is 0 Å². The van der Waals surface area contributed by atoms with Crippen LogP contribution in [-0.2, 0) is 6.54 Å². The number of carbonyl (C=O) groups excluding carboxylic acids is 1. The average Bonchev–Trinajstić information content (AvgIpc) is 2.83. The van der Waals surface area contributed by atoms with E-state index in [-0.39, 0.29) is 0 Å². The molecule has 0 bridgehead atoms. The van der Waals surface area contributed by atoms with E-state index in [0.29, 0.717) is 12.3 Å². The molecule has 0 N–H and O–H groups in total. The zero-order chi connectivity index (χ0) is 11.9. The Labute approximate surface area is 101 Å². The second-order valence-corrected chi connectivity index (χ2v) is 3.76. The molecule has 1 aromatic heterocycles. The Hall–Kier alpha value is -2.03. The molecule has 0 radical (unpaired) electrons. The number of ether oxygens (including phenoxy) is 1. The normalized spacial score (nSPS) is 10.1. The average molecular weight is 229 g/mol. The first-order chi connectivity index (χ1) is 8.40. The van der Waals surface area contributed by atoms with Gasteiger partial charge in [0.05, 0.1) is 12.3 Å². The minimum Gasteiger partial charge on any atom is -0.494 e. The van der Waals surface area contributed by atoms with Crippen LogP contribution >= 0.6 is 0 Å². The van der Waals surface area contributed by atoms with E-state index in [2.05, 4.69) is 0 Å². The number of aromatic nitrogens is 1. The van der Waals surface area contributed by atoms with Crippen molar-refractivity contribution in [2.24, 2.45) is 0 Å². The molecule has 0 saturated carbocycles. The lowest BCUT2D eigenvalue weighted by Crippen LogP contribution is -2.05. The molecule has 2 rings (SSSR count). The van der Waals surface area contributed by atoms with Crippen molar-refractivity contribution in [2.75, 3.05) is 6.61 Å². The fourth-order valence-electron chi connectivity index (χ4n) is 1.68. The fraction of sp³-hybridized carbons (Fsp3) is 0.214. The molecule has 1 aromatic carbocycles. The quantitative estimate of drug-likeness (QED) is 0.563. The smallest absolute Gasteiger partial charge is 0.166 e. The third-order valence-electron chi connectivity index (χ3n) is 2.54. The summed E-state index contributed by atoms with van der Waals surface area (Å²) in [5, 5.41) is 0. The topological polar surface area (TPSA) is 31.2 Å². The molecule has 88 valence electrons. The van der Waals surface area contributed by atoms with Gasteiger partial charge in [-0.25, -0.2) is 0 Å². The van der Waals surface area contributed by atoms with E-state index >= 15 is 0 Å². The van der Waals surface area contributed by atoms with Crippen LogP contribution in [0.25, 0.3) is 0 Å². The molecule has 17 heavy (non-hydrogen) atoms. The van der Waals surface area contributed by atoms with Gasteiger partial charge in [-0.2, -0.15) is 0 Å². The number of para-hydroxylation sites is 1. The number of nitrogens with zero attached hydrogens (tertiary/aromatic N) is 1. The number of hydrogen-bond acceptors (Lipinski definition) is 2. The maximum Gasteiger partial charge on any atom is 0.166 e. The second kappa shape index (κ2) is 5.89. The summed E-state index contributed by atoms with van der Waals surface area (Å²) < 4.78 is 7.51. The molecule has 0 spiro atoms. The van der Waals surface area contributed by atoms with Gasteiger partial charge >= 0.3 is 0 Å². The van der Waals surface area contributed by atoms with Crippen LogP contribution < -0.4 is 4.74 Å². The number of carbonyl (C=O) groups is 1. The molecule has 0 unspecified atom stereocenters. The van der Waals surface area contributed by atoms with Gasteiger partial charge in [0.2, 0.25) is 0 Å². The zero-order valence-electron chi connectivity index (χ0n) is 9.58. The number of rotatable bonds is 6. The summed E-state index contributed by atoms with van der Waals surface area (Å²) in [4.78, 5) is 10.7. The van der Waals surface area contributed by atoms with Gasteiger partial charge in [-0.3, -0.25) is 4.79 Å². The molecular formula is C14H15NO2. The van der Waals surface area contributed by atoms with Gasteiger partial charge < -0.3 is 9.30 Å². The van der Waals surface area contributed by atoms with E-state index in [1.165, 1.54) is 0 Å². The van der Waals surface area contributed by atoms with E-state index in [1.54, 1.807) is 0 Å². The molecular weight excluding hydrogens is 214 g/mol. The van der Waals surface area contributed by atoms with Gasteiger partial charge in [-0.05, 0) is 30.7 Å². The lowest BCUT2D eigenvalue weighted by Gasteiger charge is -2.07. The number of aryl methyl sites for hydroxylation is 1. The van der Waals surface area contributed by atoms with Gasteiger partial charge in [0, 0.05) is 12.7 Å². The number of hydrogen-bond donors (Lipinski definition) is 0. The highest BCUT2D eigenvalue weighted by Gasteiger charge is 1.98. The molecule has 0 atom stereocenters. The zero-order valence-corrected chi connectivity index (χ0v) is 9.58. The van der Waals surface area contributed by atoms with Crippen molar-refractivity contribution in [3.8, 4) is 5.75 Å². The third kappa shape index (κ3) is 3.21. The first-order valence-electron chi connectivity index (χ1n) is 5.68. The molecule has 0 aliphatic rings. The summed E-state index contributed by atoms with van der Waals surface area (Å²) in [7, 11) is 0. The molecule has 3 nitrogen and oxygen atoms in total. The van der Waals surface area contributed by atoms with Crippen molar-refractivity contribution >= 4 is 6.29 Å². The van der Waals surface area contributed by atoms with Crippen LogP contribution in [0, 0.1) is 0 Å². The summed E-state index contributed by atoms with van der Waals surface area (Å²) in [6, 6.07) is 13.4. The SMILES string of the molecule is O=Cc1cccn1CCCOc1ccccc1. The summed E-state index contributed by atoms with van der Waals surface area (Å²) in [5.41, 5.74) is 0.713. The molecule has 0 amide bonds. The lowest BCUT2D eigenvalue weighted by molar-refractivity contribution is 0.111. The Morgan fingerprint density at radius 2 is 1.94 bits per heavy atom. The number of benzene rings is 1. The van der Waals surface area contributed by atoms with Crippen molar-refractivity contribution in [1.82, 2.24) is 4.57 Å². The van der Waals surface area contributed by atoms with Gasteiger partial charge in [-0.1, -0.05) is 18.2 Å². The standard InChI is InChI=1S/C14H15NO2/c16-12-13-6-4-9-15(13)10-5-11-17-14-7-2-1-3-8-14/h1-4,6-9,12H,5,10-11H2. The summed E-state index contributed by atoms with van der Waals surface area (Å²) >= 11 is 0. The molecule has 0 fully saturated rings. The fourth-order valence-corrected chi connectivity index (χ4v) is 1.68. The number of aldehydes is 1. The maximum absolute atomic E-state index is 10.7. The Kier molecular flexibility index (Phi) is 3.97. The van der Waals surface area contributed by atoms with Gasteiger partial charge in [0.15, 0.2) is 6.29 Å². The van der Waals surface area contributed by atoms with Crippen LogP contribution in [0.4, 0.5) is 0 Å². The van der Waals surface area contributed by atoms with Crippen molar-refractivity contribution in [1.29, 1.82) is 0 Å². The Morgan fingerprint density at radius 1 is 1.12 bits per heavy atom. The Bertz CT molecular complexity index is 462. The third-order valence-corrected chi connectivity index (χ3v) is 2.54. The first kappa shape index (κ1) is 11.5. The monoisotopic (exact) mass is 229 g/mol. The van der Waals surface area contributed by atoms with E-state index in [0.717, 1.165) is 25.0 Å². The molecule has 2 aromatic rings. The summed E-state index contributed by atoms with van der Waals surface area (Å²) in [6.07, 6.45) is 3.66. The highest BCUT2D eigenvalue weighted by Crippen LogP contribution is 2.09. The van der Waals surface area contributed by atoms with Crippen molar-refractivity contribution in [2.45, 2.75) is 13.0 Å². The second-order valence-electron chi connectivity index (χ2n) is 3.76. The predicted octanol–water partition coefficient (Wildman–Crippen LogP) is 2.77. The highest BCUT2D eigenvalue weighted by atomic mass is 16.5. The van der Waals surface area contributed by atoms with Crippen LogP contribution in [0.5, 0.6) is 5.75 Å². The summed E-state index contributed by atoms with van der Waals surface area (Å²) in [5.74, 6) is 0.885. The van der Waals surface area contributed by atoms with E-state index in [4.69, 9.17) is 4.74 Å². The van der Waals surface area contributed by atoms with Crippen LogP contribution in [0.1, 0.15) is 16.9 Å². The van der Waals surface area contributed by atoms with E-state index in [9.17, 15) is 4.79 Å². The maximum atomic E-state index is 10.7. The van der Waals surface area contributed by atoms with E-state index < -0.39 is 0 Å². The van der Waals surface area contributed by atoms with Gasteiger partial charge in [0.25, 0.3) is 0 Å². The van der Waals surface area contributed by atoms with Crippen molar-refractivity contribution < 1.29 is 9.53 Å². The van der Waals surface area contributed by atoms with Crippen LogP contribution in [0.15, 0.2) is 48.7 Å². The minimum absolute atomic E-state index is 0.653. The molecule has 0 saturated heterocycles. The lowest BCUT2D eigenvalue weighted by atomic mass is 10.3. The predicted molar refractivity (Wildman–Crippen MR) is 66.4 cm³/mol. The van der Waals surface area contributed by atoms with E-state index in [1.807, 2.05) is 53.2 Å². The van der Waals surface area contributed by atoms with Crippen LogP contribution in [0.3, 0.4) is 0 Å². The molecule has 3 heteroatoms. The largest absolute Gasteiger partial charge is 0.494 e. The first-order valence-corrected chi connectivity index (χ1v) is 5.68. The van der Waals surface area contributed by atoms with Gasteiger partial charge in [0.1, 0.15) is 5.75 Å². The van der Waals surface area contributed by atoms with Crippen LogP contribution in [-0.4, -0.2) is 17.5 Å². The summed E-state index contributed by atoms with van der Waals surface area (Å²) in [6.45, 7) is 1.45. The Morgan fingerprint density at radius 3 is 2.71 bits per heavy atom. The van der Waals surface area contributed by atoms with Gasteiger partial charge in [-0.15, -0.1) is 0 Å².